The van der Waals surface area contributed by atoms with E-state index in [9.17, 15) is 18.0 Å². The van der Waals surface area contributed by atoms with Gasteiger partial charge in [-0.3, -0.25) is 4.79 Å². The van der Waals surface area contributed by atoms with Crippen molar-refractivity contribution in [3.63, 3.8) is 0 Å². The molecule has 2 heterocycles. The van der Waals surface area contributed by atoms with Gasteiger partial charge in [0.1, 0.15) is 10.6 Å². The molecule has 3 rings (SSSR count). The Bertz CT molecular complexity index is 875. The molecule has 9 nitrogen and oxygen atoms in total. The first-order valence-corrected chi connectivity index (χ1v) is 11.8. The summed E-state index contributed by atoms with van der Waals surface area (Å²) in [5, 5.41) is 0. The summed E-state index contributed by atoms with van der Waals surface area (Å²) >= 11 is 0. The number of hydrogen-bond acceptors (Lipinski definition) is 6. The first kappa shape index (κ1) is 22.4. The lowest BCUT2D eigenvalue weighted by Crippen LogP contribution is -2.50. The van der Waals surface area contributed by atoms with Crippen molar-refractivity contribution in [2.45, 2.75) is 31.6 Å². The third kappa shape index (κ3) is 4.70. The van der Waals surface area contributed by atoms with Gasteiger partial charge in [-0.2, -0.15) is 4.31 Å². The van der Waals surface area contributed by atoms with Crippen molar-refractivity contribution < 1.29 is 27.5 Å². The molecule has 10 heteroatoms. The average molecular weight is 440 g/mol. The van der Waals surface area contributed by atoms with E-state index in [1.807, 2.05) is 0 Å². The Morgan fingerprint density at radius 2 is 1.57 bits per heavy atom. The SMILES string of the molecule is CCOC(=O)N1CCN(C(=O)c2ccc(OCC)c(S(=O)(=O)N3CCCC3)c2)CC1. The van der Waals surface area contributed by atoms with Crippen molar-refractivity contribution in [1.29, 1.82) is 0 Å². The van der Waals surface area contributed by atoms with E-state index in [1.54, 1.807) is 35.8 Å². The van der Waals surface area contributed by atoms with Crippen LogP contribution in [-0.4, -0.2) is 87.0 Å². The second-order valence-corrected chi connectivity index (χ2v) is 9.09. The van der Waals surface area contributed by atoms with Crippen LogP contribution >= 0.6 is 0 Å². The number of sulfonamides is 1. The second kappa shape index (κ2) is 9.65. The molecule has 2 saturated heterocycles. The first-order chi connectivity index (χ1) is 14.4. The Morgan fingerprint density at radius 1 is 0.933 bits per heavy atom. The number of carbonyl (C=O) groups excluding carboxylic acids is 2. The zero-order valence-corrected chi connectivity index (χ0v) is 18.3. The van der Waals surface area contributed by atoms with Crippen LogP contribution in [-0.2, 0) is 14.8 Å². The molecule has 1 aromatic rings. The van der Waals surface area contributed by atoms with Gasteiger partial charge in [-0.1, -0.05) is 0 Å². The minimum absolute atomic E-state index is 0.0299. The molecular formula is C20H29N3O6S. The van der Waals surface area contributed by atoms with Gasteiger partial charge in [-0.15, -0.1) is 0 Å². The summed E-state index contributed by atoms with van der Waals surface area (Å²) in [6.07, 6.45) is 1.27. The Kier molecular flexibility index (Phi) is 7.19. The highest BCUT2D eigenvalue weighted by atomic mass is 32.2. The molecule has 1 aromatic carbocycles. The molecule has 0 N–H and O–H groups in total. The number of ether oxygens (including phenoxy) is 2. The zero-order chi connectivity index (χ0) is 21.7. The standard InChI is InChI=1S/C20H29N3O6S/c1-3-28-17-8-7-16(15-18(17)30(26,27)23-9-5-6-10-23)19(24)21-11-13-22(14-12-21)20(25)29-4-2/h7-8,15H,3-6,9-14H2,1-2H3. The minimum atomic E-state index is -3.74. The molecule has 2 aliphatic heterocycles. The van der Waals surface area contributed by atoms with Gasteiger partial charge in [-0.05, 0) is 44.9 Å². The minimum Gasteiger partial charge on any atom is -0.492 e. The number of nitrogens with zero attached hydrogens (tertiary/aromatic N) is 3. The summed E-state index contributed by atoms with van der Waals surface area (Å²) in [5.74, 6) is -0.00694. The number of amides is 2. The van der Waals surface area contributed by atoms with Crippen LogP contribution in [0.2, 0.25) is 0 Å². The van der Waals surface area contributed by atoms with Crippen molar-refractivity contribution in [3.05, 3.63) is 23.8 Å². The Labute approximate surface area is 177 Å². The lowest BCUT2D eigenvalue weighted by atomic mass is 10.1. The van der Waals surface area contributed by atoms with E-state index in [0.29, 0.717) is 58.0 Å². The number of hydrogen-bond donors (Lipinski definition) is 0. The molecule has 2 amide bonds. The molecule has 0 atom stereocenters. The lowest BCUT2D eigenvalue weighted by molar-refractivity contribution is 0.0570. The van der Waals surface area contributed by atoms with Crippen LogP contribution in [0.4, 0.5) is 4.79 Å². The molecule has 0 spiro atoms. The highest BCUT2D eigenvalue weighted by molar-refractivity contribution is 7.89. The summed E-state index contributed by atoms with van der Waals surface area (Å²) in [5.41, 5.74) is 0.292. The van der Waals surface area contributed by atoms with Crippen molar-refractivity contribution in [2.75, 3.05) is 52.5 Å². The lowest BCUT2D eigenvalue weighted by Gasteiger charge is -2.34. The molecule has 2 fully saturated rings. The summed E-state index contributed by atoms with van der Waals surface area (Å²) in [6.45, 7) is 6.58. The van der Waals surface area contributed by atoms with Gasteiger partial charge in [0, 0.05) is 44.8 Å². The second-order valence-electron chi connectivity index (χ2n) is 7.18. The maximum atomic E-state index is 13.1. The first-order valence-electron chi connectivity index (χ1n) is 10.4. The van der Waals surface area contributed by atoms with E-state index in [0.717, 1.165) is 12.8 Å². The van der Waals surface area contributed by atoms with Gasteiger partial charge in [0.2, 0.25) is 10.0 Å². The maximum Gasteiger partial charge on any atom is 0.409 e. The maximum absolute atomic E-state index is 13.1. The Morgan fingerprint density at radius 3 is 2.17 bits per heavy atom. The molecule has 166 valence electrons. The van der Waals surface area contributed by atoms with E-state index in [4.69, 9.17) is 9.47 Å². The van der Waals surface area contributed by atoms with Crippen LogP contribution in [0.15, 0.2) is 23.1 Å². The molecule has 0 saturated carbocycles. The predicted molar refractivity (Wildman–Crippen MR) is 110 cm³/mol. The van der Waals surface area contributed by atoms with Crippen LogP contribution in [0.25, 0.3) is 0 Å². The van der Waals surface area contributed by atoms with Crippen molar-refractivity contribution >= 4 is 22.0 Å². The highest BCUT2D eigenvalue weighted by Crippen LogP contribution is 2.30. The van der Waals surface area contributed by atoms with E-state index in [2.05, 4.69) is 0 Å². The van der Waals surface area contributed by atoms with Gasteiger partial charge in [0.25, 0.3) is 5.91 Å². The Hall–Kier alpha value is -2.33. The number of benzene rings is 1. The average Bonchev–Trinajstić information content (AvgIpc) is 3.30. The summed E-state index contributed by atoms with van der Waals surface area (Å²) in [4.78, 5) is 28.1. The highest BCUT2D eigenvalue weighted by Gasteiger charge is 2.32. The number of rotatable bonds is 6. The van der Waals surface area contributed by atoms with Crippen LogP contribution < -0.4 is 4.74 Å². The van der Waals surface area contributed by atoms with E-state index >= 15 is 0 Å². The van der Waals surface area contributed by atoms with Crippen molar-refractivity contribution in [3.8, 4) is 5.75 Å². The van der Waals surface area contributed by atoms with Crippen molar-refractivity contribution in [2.24, 2.45) is 0 Å². The van der Waals surface area contributed by atoms with Gasteiger partial charge < -0.3 is 19.3 Å². The van der Waals surface area contributed by atoms with Crippen LogP contribution in [0.3, 0.4) is 0 Å². The molecule has 0 aliphatic carbocycles. The monoisotopic (exact) mass is 439 g/mol. The third-order valence-corrected chi connectivity index (χ3v) is 7.19. The predicted octanol–water partition coefficient (Wildman–Crippen LogP) is 1.78. The molecule has 0 unspecified atom stereocenters. The van der Waals surface area contributed by atoms with Gasteiger partial charge in [-0.25, -0.2) is 13.2 Å². The van der Waals surface area contributed by atoms with Gasteiger partial charge >= 0.3 is 6.09 Å². The van der Waals surface area contributed by atoms with Crippen LogP contribution in [0.1, 0.15) is 37.0 Å². The largest absolute Gasteiger partial charge is 0.492 e. The Balaban J connectivity index is 1.79. The molecule has 0 radical (unpaired) electrons. The normalized spacial score (nSPS) is 17.8. The topological polar surface area (TPSA) is 96.5 Å². The summed E-state index contributed by atoms with van der Waals surface area (Å²) in [7, 11) is -3.74. The fourth-order valence-electron chi connectivity index (χ4n) is 3.67. The molecule has 0 bridgehead atoms. The summed E-state index contributed by atoms with van der Waals surface area (Å²) in [6, 6.07) is 4.56. The molecule has 0 aromatic heterocycles. The molecular weight excluding hydrogens is 410 g/mol. The van der Waals surface area contributed by atoms with E-state index in [-0.39, 0.29) is 22.6 Å². The van der Waals surface area contributed by atoms with E-state index < -0.39 is 10.0 Å². The quantitative estimate of drug-likeness (QED) is 0.670. The zero-order valence-electron chi connectivity index (χ0n) is 17.5. The molecule has 2 aliphatic rings. The smallest absolute Gasteiger partial charge is 0.409 e. The number of carbonyl (C=O) groups is 2. The van der Waals surface area contributed by atoms with Gasteiger partial charge in [0.15, 0.2) is 0 Å². The third-order valence-electron chi connectivity index (χ3n) is 5.27. The van der Waals surface area contributed by atoms with Crippen molar-refractivity contribution in [1.82, 2.24) is 14.1 Å². The van der Waals surface area contributed by atoms with Crippen LogP contribution in [0.5, 0.6) is 5.75 Å². The fraction of sp³-hybridized carbons (Fsp3) is 0.600. The fourth-order valence-corrected chi connectivity index (χ4v) is 5.35. The molecule has 30 heavy (non-hydrogen) atoms. The van der Waals surface area contributed by atoms with E-state index in [1.165, 1.54) is 10.4 Å². The number of piperazine rings is 1. The van der Waals surface area contributed by atoms with Crippen LogP contribution in [0, 0.1) is 0 Å². The van der Waals surface area contributed by atoms with Gasteiger partial charge in [0.05, 0.1) is 13.2 Å². The summed E-state index contributed by atoms with van der Waals surface area (Å²) < 4.78 is 38.2.